The van der Waals surface area contributed by atoms with Crippen molar-refractivity contribution in [3.8, 4) is 0 Å². The van der Waals surface area contributed by atoms with Crippen molar-refractivity contribution in [1.82, 2.24) is 0 Å². The molecule has 106 valence electrons. The van der Waals surface area contributed by atoms with Crippen molar-refractivity contribution in [1.29, 1.82) is 0 Å². The number of nitrogens with two attached hydrogens (primary N) is 1. The number of benzene rings is 1. The molecule has 0 saturated heterocycles. The van der Waals surface area contributed by atoms with E-state index in [1.54, 1.807) is 0 Å². The number of aliphatic hydroxyl groups is 1. The van der Waals surface area contributed by atoms with Gasteiger partial charge in [0.05, 0.1) is 6.61 Å². The molecule has 0 bridgehead atoms. The van der Waals surface area contributed by atoms with Crippen molar-refractivity contribution in [2.24, 2.45) is 11.7 Å². The third-order valence-corrected chi connectivity index (χ3v) is 5.57. The molecule has 1 aliphatic carbocycles. The van der Waals surface area contributed by atoms with E-state index in [0.29, 0.717) is 5.92 Å². The van der Waals surface area contributed by atoms with E-state index in [0.717, 1.165) is 25.0 Å². The summed E-state index contributed by atoms with van der Waals surface area (Å²) in [6.45, 7) is 4.43. The van der Waals surface area contributed by atoms with Crippen LogP contribution in [0.25, 0.3) is 0 Å². The summed E-state index contributed by atoms with van der Waals surface area (Å²) in [5.41, 5.74) is 8.63. The molecule has 0 aliphatic heterocycles. The lowest BCUT2D eigenvalue weighted by Gasteiger charge is -2.29. The smallest absolute Gasteiger partial charge is 0.0613 e. The predicted octanol–water partition coefficient (Wildman–Crippen LogP) is 3.28. The van der Waals surface area contributed by atoms with Gasteiger partial charge in [0.2, 0.25) is 0 Å². The topological polar surface area (TPSA) is 46.2 Å². The molecule has 3 N–H and O–H groups in total. The van der Waals surface area contributed by atoms with Gasteiger partial charge in [-0.25, -0.2) is 0 Å². The van der Waals surface area contributed by atoms with Gasteiger partial charge < -0.3 is 10.8 Å². The first-order valence-electron chi connectivity index (χ1n) is 7.15. The Labute approximate surface area is 120 Å². The minimum absolute atomic E-state index is 0.131. The van der Waals surface area contributed by atoms with E-state index >= 15 is 0 Å². The zero-order valence-electron chi connectivity index (χ0n) is 12.0. The molecule has 0 heterocycles. The maximum Gasteiger partial charge on any atom is 0.0613 e. The zero-order chi connectivity index (χ0) is 13.9. The van der Waals surface area contributed by atoms with Crippen LogP contribution in [0.15, 0.2) is 23.1 Å². The van der Waals surface area contributed by atoms with Gasteiger partial charge in [0.1, 0.15) is 0 Å². The fourth-order valence-corrected chi connectivity index (χ4v) is 4.15. The standard InChI is InChI=1S/C16H25NOS/c1-12-5-6-15(13(2)10-12)19-9-7-14-4-3-8-16(14,17)11-18/h5-6,10,14,18H,3-4,7-9,11,17H2,1-2H3. The summed E-state index contributed by atoms with van der Waals surface area (Å²) in [5.74, 6) is 1.57. The van der Waals surface area contributed by atoms with Crippen LogP contribution in [0.4, 0.5) is 0 Å². The Morgan fingerprint density at radius 1 is 1.42 bits per heavy atom. The van der Waals surface area contributed by atoms with Crippen LogP contribution in [0.1, 0.15) is 36.8 Å². The number of thioether (sulfide) groups is 1. The summed E-state index contributed by atoms with van der Waals surface area (Å²) in [6, 6.07) is 6.62. The molecule has 1 fully saturated rings. The molecule has 2 rings (SSSR count). The van der Waals surface area contributed by atoms with E-state index in [1.807, 2.05) is 11.8 Å². The average Bonchev–Trinajstić information content (AvgIpc) is 2.74. The van der Waals surface area contributed by atoms with Gasteiger partial charge in [0, 0.05) is 10.4 Å². The highest BCUT2D eigenvalue weighted by Gasteiger charge is 2.38. The molecule has 1 aliphatic rings. The SMILES string of the molecule is Cc1ccc(SCCC2CCCC2(N)CO)c(C)c1. The van der Waals surface area contributed by atoms with Crippen LogP contribution in [0.2, 0.25) is 0 Å². The molecule has 1 aromatic carbocycles. The first-order valence-corrected chi connectivity index (χ1v) is 8.13. The lowest BCUT2D eigenvalue weighted by Crippen LogP contribution is -2.47. The van der Waals surface area contributed by atoms with Crippen molar-refractivity contribution in [3.05, 3.63) is 29.3 Å². The van der Waals surface area contributed by atoms with Gasteiger partial charge in [-0.05, 0) is 56.4 Å². The summed E-state index contributed by atoms with van der Waals surface area (Å²) >= 11 is 1.92. The second kappa shape index (κ2) is 6.29. The molecule has 1 aromatic rings. The number of aliphatic hydroxyl groups excluding tert-OH is 1. The van der Waals surface area contributed by atoms with Gasteiger partial charge >= 0.3 is 0 Å². The maximum absolute atomic E-state index is 9.45. The summed E-state index contributed by atoms with van der Waals surface area (Å²) in [7, 11) is 0. The lowest BCUT2D eigenvalue weighted by atomic mass is 9.87. The Morgan fingerprint density at radius 3 is 2.89 bits per heavy atom. The van der Waals surface area contributed by atoms with E-state index in [9.17, 15) is 5.11 Å². The van der Waals surface area contributed by atoms with Gasteiger partial charge in [-0.1, -0.05) is 24.1 Å². The van der Waals surface area contributed by atoms with Crippen molar-refractivity contribution in [2.75, 3.05) is 12.4 Å². The molecule has 0 amide bonds. The summed E-state index contributed by atoms with van der Waals surface area (Å²) in [6.07, 6.45) is 4.41. The second-order valence-corrected chi connectivity index (χ2v) is 7.02. The first-order chi connectivity index (χ1) is 9.05. The van der Waals surface area contributed by atoms with E-state index in [4.69, 9.17) is 5.73 Å². The van der Waals surface area contributed by atoms with Crippen LogP contribution >= 0.6 is 11.8 Å². The van der Waals surface area contributed by atoms with Crippen molar-refractivity contribution >= 4 is 11.8 Å². The lowest BCUT2D eigenvalue weighted by molar-refractivity contribution is 0.158. The zero-order valence-corrected chi connectivity index (χ0v) is 12.8. The second-order valence-electron chi connectivity index (χ2n) is 5.89. The Bertz CT molecular complexity index is 435. The van der Waals surface area contributed by atoms with Crippen LogP contribution < -0.4 is 5.73 Å². The molecule has 3 heteroatoms. The molecular weight excluding hydrogens is 254 g/mol. The van der Waals surface area contributed by atoms with Gasteiger partial charge in [-0.3, -0.25) is 0 Å². The van der Waals surface area contributed by atoms with Crippen molar-refractivity contribution in [2.45, 2.75) is 50.0 Å². The van der Waals surface area contributed by atoms with Crippen LogP contribution in [-0.4, -0.2) is 23.0 Å². The Morgan fingerprint density at radius 2 is 2.21 bits per heavy atom. The molecule has 2 atom stereocenters. The Balaban J connectivity index is 1.86. The van der Waals surface area contributed by atoms with Crippen LogP contribution in [0.5, 0.6) is 0 Å². The van der Waals surface area contributed by atoms with E-state index in [2.05, 4.69) is 32.0 Å². The highest BCUT2D eigenvalue weighted by molar-refractivity contribution is 7.99. The number of hydrogen-bond donors (Lipinski definition) is 2. The number of hydrogen-bond acceptors (Lipinski definition) is 3. The predicted molar refractivity (Wildman–Crippen MR) is 82.6 cm³/mol. The number of aryl methyl sites for hydroxylation is 2. The summed E-state index contributed by atoms with van der Waals surface area (Å²) in [5, 5.41) is 9.45. The van der Waals surface area contributed by atoms with Gasteiger partial charge in [-0.15, -0.1) is 11.8 Å². The maximum atomic E-state index is 9.45. The summed E-state index contributed by atoms with van der Waals surface area (Å²) < 4.78 is 0. The monoisotopic (exact) mass is 279 g/mol. The van der Waals surface area contributed by atoms with Gasteiger partial charge in [-0.2, -0.15) is 0 Å². The molecule has 0 aromatic heterocycles. The fraction of sp³-hybridized carbons (Fsp3) is 0.625. The van der Waals surface area contributed by atoms with Crippen LogP contribution in [0, 0.1) is 19.8 Å². The van der Waals surface area contributed by atoms with E-state index in [-0.39, 0.29) is 12.1 Å². The molecule has 2 unspecified atom stereocenters. The molecule has 0 spiro atoms. The first kappa shape index (κ1) is 14.9. The van der Waals surface area contributed by atoms with Gasteiger partial charge in [0.25, 0.3) is 0 Å². The average molecular weight is 279 g/mol. The van der Waals surface area contributed by atoms with Gasteiger partial charge in [0.15, 0.2) is 0 Å². The van der Waals surface area contributed by atoms with E-state index in [1.165, 1.54) is 22.4 Å². The largest absolute Gasteiger partial charge is 0.394 e. The van der Waals surface area contributed by atoms with Crippen molar-refractivity contribution < 1.29 is 5.11 Å². The fourth-order valence-electron chi connectivity index (χ4n) is 3.08. The molecule has 2 nitrogen and oxygen atoms in total. The van der Waals surface area contributed by atoms with Crippen LogP contribution in [-0.2, 0) is 0 Å². The molecule has 0 radical (unpaired) electrons. The normalized spacial score (nSPS) is 26.8. The van der Waals surface area contributed by atoms with E-state index < -0.39 is 0 Å². The Kier molecular flexibility index (Phi) is 4.93. The summed E-state index contributed by atoms with van der Waals surface area (Å²) in [4.78, 5) is 1.37. The van der Waals surface area contributed by atoms with Crippen LogP contribution in [0.3, 0.4) is 0 Å². The number of rotatable bonds is 5. The molecule has 1 saturated carbocycles. The van der Waals surface area contributed by atoms with Crippen molar-refractivity contribution in [3.63, 3.8) is 0 Å². The third kappa shape index (κ3) is 3.53. The third-order valence-electron chi connectivity index (χ3n) is 4.36. The quantitative estimate of drug-likeness (QED) is 0.813. The highest BCUT2D eigenvalue weighted by atomic mass is 32.2. The minimum atomic E-state index is -0.317. The Hall–Kier alpha value is -0.510. The minimum Gasteiger partial charge on any atom is -0.394 e. The molecular formula is C16H25NOS. The highest BCUT2D eigenvalue weighted by Crippen LogP contribution is 2.37. The molecule has 19 heavy (non-hydrogen) atoms.